The van der Waals surface area contributed by atoms with Gasteiger partial charge in [-0.25, -0.2) is 0 Å². The molecular formula is C6H9Si. The maximum Gasteiger partial charge on any atom is 0.129 e. The molecule has 0 aliphatic rings. The van der Waals surface area contributed by atoms with Gasteiger partial charge in [-0.3, -0.25) is 0 Å². The van der Waals surface area contributed by atoms with E-state index in [1.807, 2.05) is 17.1 Å². The SMILES string of the molecule is C=C[Si](C=C)C=C. The van der Waals surface area contributed by atoms with Crippen molar-refractivity contribution in [2.45, 2.75) is 0 Å². The second-order valence-electron chi connectivity index (χ2n) is 1.11. The van der Waals surface area contributed by atoms with Gasteiger partial charge < -0.3 is 0 Å². The molecule has 0 rings (SSSR count). The van der Waals surface area contributed by atoms with Crippen LogP contribution >= 0.6 is 0 Å². The van der Waals surface area contributed by atoms with Crippen molar-refractivity contribution in [3.05, 3.63) is 36.8 Å². The Bertz CT molecular complexity index is 65.2. The van der Waals surface area contributed by atoms with Crippen LogP contribution in [0.3, 0.4) is 0 Å². The van der Waals surface area contributed by atoms with Gasteiger partial charge in [-0.2, -0.15) is 0 Å². The topological polar surface area (TPSA) is 0 Å². The first kappa shape index (κ1) is 6.44. The summed E-state index contributed by atoms with van der Waals surface area (Å²) in [7, 11) is -0.571. The second kappa shape index (κ2) is 3.62. The molecule has 37 valence electrons. The zero-order valence-electron chi connectivity index (χ0n) is 4.35. The van der Waals surface area contributed by atoms with Crippen LogP contribution in [0.2, 0.25) is 0 Å². The lowest BCUT2D eigenvalue weighted by molar-refractivity contribution is 2.26. The van der Waals surface area contributed by atoms with Crippen LogP contribution in [-0.4, -0.2) is 8.80 Å². The third-order valence-electron chi connectivity index (χ3n) is 0.707. The van der Waals surface area contributed by atoms with E-state index in [0.29, 0.717) is 0 Å². The molecule has 0 atom stereocenters. The van der Waals surface area contributed by atoms with Crippen LogP contribution in [0.4, 0.5) is 0 Å². The van der Waals surface area contributed by atoms with Gasteiger partial charge in [0.1, 0.15) is 8.80 Å². The highest BCUT2D eigenvalue weighted by molar-refractivity contribution is 6.73. The molecule has 0 nitrogen and oxygen atoms in total. The van der Waals surface area contributed by atoms with E-state index in [1.54, 1.807) is 0 Å². The Hall–Kier alpha value is -0.563. The Labute approximate surface area is 46.5 Å². The highest BCUT2D eigenvalue weighted by Gasteiger charge is 1.88. The van der Waals surface area contributed by atoms with Gasteiger partial charge in [0.25, 0.3) is 0 Å². The van der Waals surface area contributed by atoms with E-state index in [2.05, 4.69) is 19.7 Å². The lowest BCUT2D eigenvalue weighted by Gasteiger charge is -1.87. The number of hydrogen-bond acceptors (Lipinski definition) is 0. The van der Waals surface area contributed by atoms with Crippen LogP contribution in [0.5, 0.6) is 0 Å². The molecule has 0 bridgehead atoms. The molecule has 0 N–H and O–H groups in total. The molecule has 0 heterocycles. The highest BCUT2D eigenvalue weighted by Crippen LogP contribution is 1.82. The Morgan fingerprint density at radius 3 is 1.14 bits per heavy atom. The van der Waals surface area contributed by atoms with Crippen molar-refractivity contribution in [3.8, 4) is 0 Å². The minimum Gasteiger partial charge on any atom is -0.106 e. The van der Waals surface area contributed by atoms with Crippen molar-refractivity contribution in [1.82, 2.24) is 0 Å². The zero-order chi connectivity index (χ0) is 5.70. The Balaban J connectivity index is 3.57. The van der Waals surface area contributed by atoms with E-state index in [4.69, 9.17) is 0 Å². The summed E-state index contributed by atoms with van der Waals surface area (Å²) in [5, 5.41) is 0. The molecule has 0 amide bonds. The standard InChI is InChI=1S/C6H9Si/c1-4-7(5-2)6-3/h4-6H,1-3H2. The van der Waals surface area contributed by atoms with Gasteiger partial charge in [-0.1, -0.05) is 17.1 Å². The molecule has 0 spiro atoms. The molecule has 1 heteroatoms. The molecule has 0 fully saturated rings. The van der Waals surface area contributed by atoms with Crippen molar-refractivity contribution in [2.24, 2.45) is 0 Å². The Morgan fingerprint density at radius 2 is 1.14 bits per heavy atom. The summed E-state index contributed by atoms with van der Waals surface area (Å²) in [4.78, 5) is 0. The minimum absolute atomic E-state index is 0.571. The van der Waals surface area contributed by atoms with Crippen LogP contribution in [0, 0.1) is 0 Å². The van der Waals surface area contributed by atoms with Gasteiger partial charge >= 0.3 is 0 Å². The first-order valence-electron chi connectivity index (χ1n) is 2.09. The predicted molar refractivity (Wildman–Crippen MR) is 36.3 cm³/mol. The van der Waals surface area contributed by atoms with E-state index < -0.39 is 8.80 Å². The van der Waals surface area contributed by atoms with Crippen molar-refractivity contribution >= 4 is 8.80 Å². The summed E-state index contributed by atoms with van der Waals surface area (Å²) in [6, 6.07) is 0. The van der Waals surface area contributed by atoms with E-state index in [9.17, 15) is 0 Å². The number of hydrogen-bond donors (Lipinski definition) is 0. The van der Waals surface area contributed by atoms with Crippen molar-refractivity contribution in [1.29, 1.82) is 0 Å². The van der Waals surface area contributed by atoms with E-state index in [1.165, 1.54) is 0 Å². The van der Waals surface area contributed by atoms with Gasteiger partial charge in [-0.15, -0.1) is 19.7 Å². The van der Waals surface area contributed by atoms with Gasteiger partial charge in [0.05, 0.1) is 0 Å². The monoisotopic (exact) mass is 109 g/mol. The van der Waals surface area contributed by atoms with Crippen LogP contribution in [0.15, 0.2) is 36.8 Å². The maximum absolute atomic E-state index is 3.61. The molecule has 7 heavy (non-hydrogen) atoms. The van der Waals surface area contributed by atoms with Gasteiger partial charge in [-0.05, 0) is 0 Å². The minimum atomic E-state index is -0.571. The van der Waals surface area contributed by atoms with Gasteiger partial charge in [0.15, 0.2) is 0 Å². The molecular weight excluding hydrogens is 100 g/mol. The first-order chi connectivity index (χ1) is 3.35. The van der Waals surface area contributed by atoms with Crippen LogP contribution < -0.4 is 0 Å². The fourth-order valence-electron chi connectivity index (χ4n) is 0.250. The summed E-state index contributed by atoms with van der Waals surface area (Å²) in [5.74, 6) is 0. The second-order valence-corrected chi connectivity index (χ2v) is 3.34. The smallest absolute Gasteiger partial charge is 0.106 e. The predicted octanol–water partition coefficient (Wildman–Crippen LogP) is 1.66. The van der Waals surface area contributed by atoms with Crippen molar-refractivity contribution in [3.63, 3.8) is 0 Å². The van der Waals surface area contributed by atoms with Crippen molar-refractivity contribution < 1.29 is 0 Å². The van der Waals surface area contributed by atoms with E-state index in [-0.39, 0.29) is 0 Å². The molecule has 1 radical (unpaired) electrons. The summed E-state index contributed by atoms with van der Waals surface area (Å²) in [6.45, 7) is 10.8. The molecule has 0 aromatic heterocycles. The highest BCUT2D eigenvalue weighted by atomic mass is 28.3. The molecule has 0 aliphatic heterocycles. The summed E-state index contributed by atoms with van der Waals surface area (Å²) in [5.41, 5.74) is 5.68. The number of rotatable bonds is 3. The lowest BCUT2D eigenvalue weighted by atomic mass is 11.2. The third kappa shape index (κ3) is 2.17. The Morgan fingerprint density at radius 1 is 0.857 bits per heavy atom. The molecule has 0 saturated heterocycles. The van der Waals surface area contributed by atoms with Crippen LogP contribution in [-0.2, 0) is 0 Å². The summed E-state index contributed by atoms with van der Waals surface area (Å²) in [6.07, 6.45) is 0. The maximum atomic E-state index is 3.61. The fourth-order valence-corrected chi connectivity index (χ4v) is 0.750. The van der Waals surface area contributed by atoms with E-state index >= 15 is 0 Å². The average molecular weight is 109 g/mol. The largest absolute Gasteiger partial charge is 0.129 e. The fraction of sp³-hybridized carbons (Fsp3) is 0. The zero-order valence-corrected chi connectivity index (χ0v) is 5.35. The average Bonchev–Trinajstić information content (AvgIpc) is 1.72. The van der Waals surface area contributed by atoms with Crippen molar-refractivity contribution in [2.75, 3.05) is 0 Å². The van der Waals surface area contributed by atoms with Gasteiger partial charge in [0, 0.05) is 0 Å². The van der Waals surface area contributed by atoms with Crippen LogP contribution in [0.1, 0.15) is 0 Å². The lowest BCUT2D eigenvalue weighted by Crippen LogP contribution is -1.97. The van der Waals surface area contributed by atoms with Crippen LogP contribution in [0.25, 0.3) is 0 Å². The molecule has 0 aliphatic carbocycles. The molecule has 0 aromatic rings. The summed E-state index contributed by atoms with van der Waals surface area (Å²) >= 11 is 0. The molecule has 0 unspecified atom stereocenters. The molecule has 0 aromatic carbocycles. The third-order valence-corrected chi connectivity index (χ3v) is 2.12. The normalized spacial score (nSPS) is 8.14. The Kier molecular flexibility index (Phi) is 3.33. The molecule has 0 saturated carbocycles. The summed E-state index contributed by atoms with van der Waals surface area (Å²) < 4.78 is 0. The quantitative estimate of drug-likeness (QED) is 0.483. The van der Waals surface area contributed by atoms with E-state index in [0.717, 1.165) is 0 Å². The first-order valence-corrected chi connectivity index (χ1v) is 3.82. The van der Waals surface area contributed by atoms with Gasteiger partial charge in [0.2, 0.25) is 0 Å².